The molecule has 4 aromatic rings. The Bertz CT molecular complexity index is 1380. The van der Waals surface area contributed by atoms with E-state index in [4.69, 9.17) is 23.0 Å². The smallest absolute Gasteiger partial charge is 0.283 e. The Morgan fingerprint density at radius 3 is 2.65 bits per heavy atom. The highest BCUT2D eigenvalue weighted by molar-refractivity contribution is 5.87. The lowest BCUT2D eigenvalue weighted by Crippen LogP contribution is -2.46. The van der Waals surface area contributed by atoms with E-state index in [0.717, 1.165) is 10.9 Å². The van der Waals surface area contributed by atoms with E-state index in [-0.39, 0.29) is 25.8 Å². The summed E-state index contributed by atoms with van der Waals surface area (Å²) in [6, 6.07) is 12.9. The van der Waals surface area contributed by atoms with Crippen molar-refractivity contribution in [3.8, 4) is 28.9 Å². The van der Waals surface area contributed by atoms with Crippen LogP contribution in [0, 0.1) is 6.92 Å². The second kappa shape index (κ2) is 10.2. The van der Waals surface area contributed by atoms with Gasteiger partial charge in [-0.25, -0.2) is 0 Å². The number of hydrogen-bond acceptors (Lipinski definition) is 10. The molecule has 2 aromatic carbocycles. The molecule has 0 aliphatic carbocycles. The first kappa shape index (κ1) is 25.3. The molecule has 37 heavy (non-hydrogen) atoms. The first-order valence-corrected chi connectivity index (χ1v) is 12.0. The number of piperidine rings is 1. The lowest BCUT2D eigenvalue weighted by Gasteiger charge is -2.39. The summed E-state index contributed by atoms with van der Waals surface area (Å²) in [6.07, 6.45) is 0.431. The number of fused-ring (bicyclic) bond motifs is 2. The standard InChI is InChI=1S/C26H27N3O7.ClH/c1-16-27-28-25(35-16)24-12-19-20(3-2-4-21(19)36-24)32-14-18(30)13-29-9-7-26(31,8-10-29)17-5-6-22-23(11-17)34-15-33-22;/h2-6,11-12,18,30-31H,7-10,13-15H2,1H3;1H/t18-;/m0./s1. The first-order valence-electron chi connectivity index (χ1n) is 12.0. The van der Waals surface area contributed by atoms with Crippen molar-refractivity contribution >= 4 is 23.4 Å². The summed E-state index contributed by atoms with van der Waals surface area (Å²) in [6.45, 7) is 3.82. The third-order valence-corrected chi connectivity index (χ3v) is 6.75. The molecule has 0 amide bonds. The fraction of sp³-hybridized carbons (Fsp3) is 0.385. The molecule has 2 aliphatic heterocycles. The zero-order chi connectivity index (χ0) is 24.7. The van der Waals surface area contributed by atoms with E-state index in [1.54, 1.807) is 13.0 Å². The van der Waals surface area contributed by atoms with Gasteiger partial charge in [0, 0.05) is 32.6 Å². The van der Waals surface area contributed by atoms with E-state index in [9.17, 15) is 10.2 Å². The van der Waals surface area contributed by atoms with Crippen molar-refractivity contribution in [1.29, 1.82) is 0 Å². The summed E-state index contributed by atoms with van der Waals surface area (Å²) >= 11 is 0. The predicted molar refractivity (Wildman–Crippen MR) is 135 cm³/mol. The number of furan rings is 1. The summed E-state index contributed by atoms with van der Waals surface area (Å²) in [4.78, 5) is 2.14. The third-order valence-electron chi connectivity index (χ3n) is 6.75. The molecule has 1 saturated heterocycles. The van der Waals surface area contributed by atoms with Gasteiger partial charge >= 0.3 is 0 Å². The Morgan fingerprint density at radius 2 is 1.86 bits per heavy atom. The SMILES string of the molecule is Cc1nnc(-c2cc3c(OC[C@@H](O)CN4CCC(O)(c5ccc6c(c5)OCO6)CC4)cccc3o2)o1.Cl. The number of nitrogens with zero attached hydrogens (tertiary/aromatic N) is 3. The molecule has 1 fully saturated rings. The third kappa shape index (κ3) is 5.10. The van der Waals surface area contributed by atoms with Crippen molar-refractivity contribution in [3.05, 3.63) is 53.9 Å². The highest BCUT2D eigenvalue weighted by Gasteiger charge is 2.35. The highest BCUT2D eigenvalue weighted by Crippen LogP contribution is 2.39. The molecule has 1 atom stereocenters. The minimum atomic E-state index is -0.926. The molecule has 2 aliphatic rings. The maximum atomic E-state index is 11.2. The minimum absolute atomic E-state index is 0. The fourth-order valence-corrected chi connectivity index (χ4v) is 4.78. The van der Waals surface area contributed by atoms with Gasteiger partial charge in [-0.3, -0.25) is 0 Å². The molecule has 0 spiro atoms. The molecule has 0 saturated carbocycles. The van der Waals surface area contributed by atoms with Crippen LogP contribution < -0.4 is 14.2 Å². The summed E-state index contributed by atoms with van der Waals surface area (Å²) in [5.41, 5.74) is 0.537. The molecule has 0 radical (unpaired) electrons. The van der Waals surface area contributed by atoms with Crippen molar-refractivity contribution in [1.82, 2.24) is 15.1 Å². The van der Waals surface area contributed by atoms with Crippen LogP contribution in [0.15, 0.2) is 51.3 Å². The molecule has 6 rings (SSSR count). The van der Waals surface area contributed by atoms with E-state index in [1.165, 1.54) is 0 Å². The minimum Gasteiger partial charge on any atom is -0.490 e. The summed E-state index contributed by atoms with van der Waals surface area (Å²) in [5.74, 6) is 3.20. The van der Waals surface area contributed by atoms with Gasteiger partial charge in [-0.05, 0) is 42.7 Å². The van der Waals surface area contributed by atoms with Gasteiger partial charge in [0.1, 0.15) is 24.0 Å². The number of rotatable bonds is 7. The largest absolute Gasteiger partial charge is 0.490 e. The molecule has 196 valence electrons. The average Bonchev–Trinajstić information content (AvgIpc) is 3.63. The number of aliphatic hydroxyl groups excluding tert-OH is 1. The Hall–Kier alpha value is -3.31. The van der Waals surface area contributed by atoms with Crippen LogP contribution in [-0.4, -0.2) is 64.4 Å². The van der Waals surface area contributed by atoms with E-state index in [0.29, 0.717) is 72.8 Å². The van der Waals surface area contributed by atoms with Crippen molar-refractivity contribution in [2.45, 2.75) is 31.5 Å². The fourth-order valence-electron chi connectivity index (χ4n) is 4.78. The lowest BCUT2D eigenvalue weighted by atomic mass is 9.84. The number of aliphatic hydroxyl groups is 2. The Morgan fingerprint density at radius 1 is 1.05 bits per heavy atom. The number of hydrogen-bond donors (Lipinski definition) is 2. The average molecular weight is 530 g/mol. The molecule has 4 heterocycles. The van der Waals surface area contributed by atoms with E-state index in [2.05, 4.69) is 15.1 Å². The number of β-amino-alcohol motifs (C(OH)–C–C–N with tert-alkyl or cyclic N) is 1. The number of aryl methyl sites for hydroxylation is 1. The van der Waals surface area contributed by atoms with Gasteiger partial charge in [-0.2, -0.15) is 0 Å². The summed E-state index contributed by atoms with van der Waals surface area (Å²) < 4.78 is 28.1. The monoisotopic (exact) mass is 529 g/mol. The van der Waals surface area contributed by atoms with Crippen LogP contribution in [0.25, 0.3) is 22.6 Å². The first-order chi connectivity index (χ1) is 17.5. The summed E-state index contributed by atoms with van der Waals surface area (Å²) in [5, 5.41) is 30.5. The molecule has 11 heteroatoms. The molecule has 0 unspecified atom stereocenters. The van der Waals surface area contributed by atoms with Crippen LogP contribution in [-0.2, 0) is 5.60 Å². The van der Waals surface area contributed by atoms with Gasteiger partial charge in [-0.15, -0.1) is 22.6 Å². The zero-order valence-corrected chi connectivity index (χ0v) is 21.1. The van der Waals surface area contributed by atoms with Crippen molar-refractivity contribution in [2.24, 2.45) is 0 Å². The normalized spacial score (nSPS) is 17.5. The molecular weight excluding hydrogens is 502 g/mol. The van der Waals surface area contributed by atoms with Crippen molar-refractivity contribution in [3.63, 3.8) is 0 Å². The highest BCUT2D eigenvalue weighted by atomic mass is 35.5. The van der Waals surface area contributed by atoms with E-state index < -0.39 is 11.7 Å². The van der Waals surface area contributed by atoms with Crippen LogP contribution >= 0.6 is 12.4 Å². The zero-order valence-electron chi connectivity index (χ0n) is 20.3. The van der Waals surface area contributed by atoms with Crippen molar-refractivity contribution in [2.75, 3.05) is 33.0 Å². The number of ether oxygens (including phenoxy) is 3. The lowest BCUT2D eigenvalue weighted by molar-refractivity contribution is -0.0373. The van der Waals surface area contributed by atoms with Crippen LogP contribution in [0.4, 0.5) is 0 Å². The maximum Gasteiger partial charge on any atom is 0.283 e. The molecular formula is C26H28ClN3O7. The number of aromatic nitrogens is 2. The Labute approximate surface area is 219 Å². The number of benzene rings is 2. The Balaban J connectivity index is 0.00000280. The second-order valence-electron chi connectivity index (χ2n) is 9.27. The van der Waals surface area contributed by atoms with Gasteiger partial charge in [0.25, 0.3) is 5.89 Å². The van der Waals surface area contributed by atoms with Crippen LogP contribution in [0.2, 0.25) is 0 Å². The molecule has 2 N–H and O–H groups in total. The van der Waals surface area contributed by atoms with Crippen LogP contribution in [0.3, 0.4) is 0 Å². The van der Waals surface area contributed by atoms with Gasteiger partial charge < -0.3 is 38.2 Å². The van der Waals surface area contributed by atoms with Crippen molar-refractivity contribution < 1.29 is 33.3 Å². The predicted octanol–water partition coefficient (Wildman–Crippen LogP) is 3.67. The Kier molecular flexibility index (Phi) is 7.00. The molecule has 10 nitrogen and oxygen atoms in total. The number of likely N-dealkylation sites (tertiary alicyclic amines) is 1. The van der Waals surface area contributed by atoms with Crippen LogP contribution in [0.1, 0.15) is 24.3 Å². The number of halogens is 1. The molecule has 2 aromatic heterocycles. The van der Waals surface area contributed by atoms with E-state index in [1.807, 2.05) is 36.4 Å². The van der Waals surface area contributed by atoms with Gasteiger partial charge in [0.15, 0.2) is 17.3 Å². The van der Waals surface area contributed by atoms with Crippen LogP contribution in [0.5, 0.6) is 17.2 Å². The second-order valence-corrected chi connectivity index (χ2v) is 9.27. The quantitative estimate of drug-likeness (QED) is 0.366. The van der Waals surface area contributed by atoms with Gasteiger partial charge in [-0.1, -0.05) is 12.1 Å². The van der Waals surface area contributed by atoms with Gasteiger partial charge in [0.05, 0.1) is 11.0 Å². The maximum absolute atomic E-state index is 11.2. The van der Waals surface area contributed by atoms with Gasteiger partial charge in [0.2, 0.25) is 12.7 Å². The molecule has 0 bridgehead atoms. The van der Waals surface area contributed by atoms with E-state index >= 15 is 0 Å². The summed E-state index contributed by atoms with van der Waals surface area (Å²) in [7, 11) is 0. The topological polar surface area (TPSA) is 123 Å².